The van der Waals surface area contributed by atoms with Gasteiger partial charge in [-0.1, -0.05) is 42.5 Å². The molecule has 3 aromatic rings. The molecule has 32 heavy (non-hydrogen) atoms. The highest BCUT2D eigenvalue weighted by atomic mass is 16.5. The molecule has 4 rings (SSSR count). The van der Waals surface area contributed by atoms with E-state index in [1.54, 1.807) is 17.2 Å². The number of amides is 1. The third kappa shape index (κ3) is 5.03. The number of methoxy groups -OCH3 is 1. The molecule has 0 N–H and O–H groups in total. The second-order valence-electron chi connectivity index (χ2n) is 7.49. The first-order chi connectivity index (χ1) is 15.6. The first-order valence-electron chi connectivity index (χ1n) is 10.4. The fraction of sp³-hybridized carbons (Fsp3) is 0.192. The van der Waals surface area contributed by atoms with Crippen molar-refractivity contribution in [2.24, 2.45) is 0 Å². The predicted molar refractivity (Wildman–Crippen MR) is 121 cm³/mol. The smallest absolute Gasteiger partial charge is 0.328 e. The van der Waals surface area contributed by atoms with E-state index in [0.717, 1.165) is 28.1 Å². The molecule has 0 saturated heterocycles. The second-order valence-corrected chi connectivity index (χ2v) is 7.49. The first-order valence-corrected chi connectivity index (χ1v) is 10.4. The van der Waals surface area contributed by atoms with Gasteiger partial charge in [0.1, 0.15) is 18.4 Å². The second kappa shape index (κ2) is 9.92. The van der Waals surface area contributed by atoms with Gasteiger partial charge in [-0.15, -0.1) is 0 Å². The number of pyridine rings is 1. The van der Waals surface area contributed by atoms with Crippen LogP contribution in [0, 0.1) is 0 Å². The molecule has 0 fully saturated rings. The number of aromatic nitrogens is 1. The number of carbonyl (C=O) groups excluding carboxylic acids is 2. The Balaban J connectivity index is 1.42. The number of ether oxygens (including phenoxy) is 2. The summed E-state index contributed by atoms with van der Waals surface area (Å²) < 4.78 is 10.7. The van der Waals surface area contributed by atoms with Gasteiger partial charge in [-0.3, -0.25) is 9.78 Å². The lowest BCUT2D eigenvalue weighted by Gasteiger charge is -2.34. The number of benzene rings is 2. The molecule has 0 spiro atoms. The van der Waals surface area contributed by atoms with Crippen molar-refractivity contribution in [2.75, 3.05) is 7.11 Å². The van der Waals surface area contributed by atoms with Crippen molar-refractivity contribution in [3.63, 3.8) is 0 Å². The van der Waals surface area contributed by atoms with Gasteiger partial charge in [-0.05, 0) is 47.0 Å². The van der Waals surface area contributed by atoms with Gasteiger partial charge in [-0.2, -0.15) is 0 Å². The molecule has 0 aliphatic carbocycles. The maximum absolute atomic E-state index is 12.9. The number of rotatable bonds is 6. The van der Waals surface area contributed by atoms with E-state index in [1.807, 2.05) is 66.7 Å². The van der Waals surface area contributed by atoms with Gasteiger partial charge in [0.2, 0.25) is 5.91 Å². The molecule has 1 unspecified atom stereocenters. The summed E-state index contributed by atoms with van der Waals surface area (Å²) in [5, 5.41) is 0. The zero-order valence-electron chi connectivity index (χ0n) is 17.8. The summed E-state index contributed by atoms with van der Waals surface area (Å²) in [6.07, 6.45) is 5.41. The molecule has 0 bridgehead atoms. The molecular weight excluding hydrogens is 404 g/mol. The summed E-state index contributed by atoms with van der Waals surface area (Å²) in [5.74, 6) is 0.0820. The molecule has 0 saturated carbocycles. The molecule has 1 atom stereocenters. The maximum Gasteiger partial charge on any atom is 0.328 e. The summed E-state index contributed by atoms with van der Waals surface area (Å²) in [6, 6.07) is 20.4. The van der Waals surface area contributed by atoms with Crippen molar-refractivity contribution >= 4 is 18.0 Å². The van der Waals surface area contributed by atoms with Crippen LogP contribution in [0.15, 0.2) is 79.0 Å². The van der Waals surface area contributed by atoms with Crippen LogP contribution in [0.3, 0.4) is 0 Å². The van der Waals surface area contributed by atoms with E-state index in [1.165, 1.54) is 13.2 Å². The van der Waals surface area contributed by atoms with E-state index in [0.29, 0.717) is 19.6 Å². The Morgan fingerprint density at radius 2 is 1.78 bits per heavy atom. The molecule has 6 nitrogen and oxygen atoms in total. The SMILES string of the molecule is COC(=O)C1Cc2ccccc2CN1C(=O)/C=C/c1ccc(OCc2ccccn2)cc1. The monoisotopic (exact) mass is 428 g/mol. The van der Waals surface area contributed by atoms with Crippen molar-refractivity contribution in [1.82, 2.24) is 9.88 Å². The average Bonchev–Trinajstić information content (AvgIpc) is 2.86. The molecule has 1 aliphatic heterocycles. The Morgan fingerprint density at radius 1 is 1.03 bits per heavy atom. The van der Waals surface area contributed by atoms with Crippen molar-refractivity contribution in [3.8, 4) is 5.75 Å². The zero-order valence-corrected chi connectivity index (χ0v) is 17.8. The van der Waals surface area contributed by atoms with Gasteiger partial charge in [0.25, 0.3) is 0 Å². The Bertz CT molecular complexity index is 1110. The van der Waals surface area contributed by atoms with Crippen LogP contribution in [-0.2, 0) is 33.9 Å². The van der Waals surface area contributed by atoms with Crippen LogP contribution < -0.4 is 4.74 Å². The molecule has 0 radical (unpaired) electrons. The fourth-order valence-electron chi connectivity index (χ4n) is 3.68. The lowest BCUT2D eigenvalue weighted by molar-refractivity contribution is -0.152. The minimum atomic E-state index is -0.630. The van der Waals surface area contributed by atoms with Crippen LogP contribution in [0.4, 0.5) is 0 Å². The minimum absolute atomic E-state index is 0.231. The van der Waals surface area contributed by atoms with E-state index >= 15 is 0 Å². The van der Waals surface area contributed by atoms with Gasteiger partial charge in [0.15, 0.2) is 0 Å². The summed E-state index contributed by atoms with van der Waals surface area (Å²) in [4.78, 5) is 31.0. The van der Waals surface area contributed by atoms with Crippen LogP contribution in [0.2, 0.25) is 0 Å². The van der Waals surface area contributed by atoms with Gasteiger partial charge < -0.3 is 14.4 Å². The average molecular weight is 428 g/mol. The number of carbonyl (C=O) groups is 2. The molecule has 1 amide bonds. The number of fused-ring (bicyclic) bond motifs is 1. The molecule has 1 aromatic heterocycles. The van der Waals surface area contributed by atoms with E-state index in [-0.39, 0.29) is 5.91 Å². The van der Waals surface area contributed by atoms with Gasteiger partial charge >= 0.3 is 5.97 Å². The predicted octanol–water partition coefficient (Wildman–Crippen LogP) is 3.80. The minimum Gasteiger partial charge on any atom is -0.487 e. The third-order valence-corrected chi connectivity index (χ3v) is 5.42. The number of esters is 1. The van der Waals surface area contributed by atoms with E-state index in [4.69, 9.17) is 9.47 Å². The van der Waals surface area contributed by atoms with Crippen LogP contribution in [0.5, 0.6) is 5.75 Å². The lowest BCUT2D eigenvalue weighted by Crippen LogP contribution is -2.48. The summed E-state index contributed by atoms with van der Waals surface area (Å²) in [5.41, 5.74) is 3.82. The molecule has 6 heteroatoms. The Hall–Kier alpha value is -3.93. The number of hydrogen-bond acceptors (Lipinski definition) is 5. The van der Waals surface area contributed by atoms with Crippen molar-refractivity contribution in [2.45, 2.75) is 25.6 Å². The summed E-state index contributed by atoms with van der Waals surface area (Å²) >= 11 is 0. The normalized spacial score (nSPS) is 15.3. The number of hydrogen-bond donors (Lipinski definition) is 0. The van der Waals surface area contributed by atoms with Crippen molar-refractivity contribution in [1.29, 1.82) is 0 Å². The Labute approximate surface area is 187 Å². The van der Waals surface area contributed by atoms with Gasteiger partial charge in [-0.25, -0.2) is 4.79 Å². The summed E-state index contributed by atoms with van der Waals surface area (Å²) in [7, 11) is 1.35. The quantitative estimate of drug-likeness (QED) is 0.441. The highest BCUT2D eigenvalue weighted by Gasteiger charge is 2.34. The topological polar surface area (TPSA) is 68.7 Å². The van der Waals surface area contributed by atoms with Crippen LogP contribution in [-0.4, -0.2) is 34.9 Å². The molecular formula is C26H24N2O4. The molecule has 162 valence electrons. The van der Waals surface area contributed by atoms with E-state index in [2.05, 4.69) is 4.98 Å². The van der Waals surface area contributed by atoms with Crippen molar-refractivity contribution in [3.05, 3.63) is 101 Å². The zero-order chi connectivity index (χ0) is 22.3. The Kier molecular flexibility index (Phi) is 6.60. The van der Waals surface area contributed by atoms with Gasteiger partial charge in [0.05, 0.1) is 12.8 Å². The number of nitrogens with zero attached hydrogens (tertiary/aromatic N) is 2. The highest BCUT2D eigenvalue weighted by molar-refractivity contribution is 5.95. The summed E-state index contributed by atoms with van der Waals surface area (Å²) in [6.45, 7) is 0.763. The van der Waals surface area contributed by atoms with Crippen LogP contribution >= 0.6 is 0 Å². The maximum atomic E-state index is 12.9. The largest absolute Gasteiger partial charge is 0.487 e. The van der Waals surface area contributed by atoms with Crippen LogP contribution in [0.25, 0.3) is 6.08 Å². The van der Waals surface area contributed by atoms with Crippen molar-refractivity contribution < 1.29 is 19.1 Å². The van der Waals surface area contributed by atoms with Gasteiger partial charge in [0, 0.05) is 25.2 Å². The highest BCUT2D eigenvalue weighted by Crippen LogP contribution is 2.24. The van der Waals surface area contributed by atoms with E-state index < -0.39 is 12.0 Å². The third-order valence-electron chi connectivity index (χ3n) is 5.42. The molecule has 2 heterocycles. The van der Waals surface area contributed by atoms with E-state index in [9.17, 15) is 9.59 Å². The lowest BCUT2D eigenvalue weighted by atomic mass is 9.94. The molecule has 1 aliphatic rings. The van der Waals surface area contributed by atoms with Crippen LogP contribution in [0.1, 0.15) is 22.4 Å². The first kappa shape index (κ1) is 21.3. The molecule has 2 aromatic carbocycles. The standard InChI is InChI=1S/C26H24N2O4/c1-31-26(30)24-16-20-6-2-3-7-21(20)17-28(24)25(29)14-11-19-9-12-23(13-10-19)32-18-22-8-4-5-15-27-22/h2-15,24H,16-18H2,1H3/b14-11+. The fourth-order valence-corrected chi connectivity index (χ4v) is 3.68. The Morgan fingerprint density at radius 3 is 2.50 bits per heavy atom.